The number of aliphatic imine (C=N–C) groups is 1. The molecule has 0 saturated heterocycles. The molecule has 1 aliphatic heterocycles. The van der Waals surface area contributed by atoms with E-state index in [9.17, 15) is 0 Å². The van der Waals surface area contributed by atoms with Crippen molar-refractivity contribution in [1.82, 2.24) is 0 Å². The van der Waals surface area contributed by atoms with Crippen molar-refractivity contribution < 1.29 is 14.2 Å². The maximum Gasteiger partial charge on any atom is 0.220 e. The second-order valence-corrected chi connectivity index (χ2v) is 4.70. The molecular formula is C17H17NO3. The molecular weight excluding hydrogens is 266 g/mol. The summed E-state index contributed by atoms with van der Waals surface area (Å²) in [5, 5.41) is 0. The van der Waals surface area contributed by atoms with Crippen LogP contribution in [0, 0.1) is 0 Å². The molecule has 2 aromatic rings. The zero-order valence-corrected chi connectivity index (χ0v) is 12.1. The van der Waals surface area contributed by atoms with Crippen LogP contribution < -0.4 is 9.47 Å². The molecule has 4 heteroatoms. The predicted molar refractivity (Wildman–Crippen MR) is 81.2 cm³/mol. The van der Waals surface area contributed by atoms with Gasteiger partial charge in [-0.15, -0.1) is 0 Å². The van der Waals surface area contributed by atoms with Gasteiger partial charge in [-0.2, -0.15) is 0 Å². The summed E-state index contributed by atoms with van der Waals surface area (Å²) in [6, 6.07) is 15.5. The molecule has 0 saturated carbocycles. The molecule has 3 rings (SSSR count). The molecule has 1 atom stereocenters. The Hall–Kier alpha value is -2.49. The average molecular weight is 283 g/mol. The van der Waals surface area contributed by atoms with E-state index in [-0.39, 0.29) is 6.04 Å². The fourth-order valence-corrected chi connectivity index (χ4v) is 2.44. The molecule has 0 aliphatic carbocycles. The molecule has 0 aromatic heterocycles. The highest BCUT2D eigenvalue weighted by molar-refractivity contribution is 5.97. The summed E-state index contributed by atoms with van der Waals surface area (Å²) in [7, 11) is 3.31. The Kier molecular flexibility index (Phi) is 3.77. The van der Waals surface area contributed by atoms with Crippen LogP contribution in [0.3, 0.4) is 0 Å². The van der Waals surface area contributed by atoms with E-state index in [2.05, 4.69) is 4.99 Å². The molecule has 1 heterocycles. The van der Waals surface area contributed by atoms with Crippen molar-refractivity contribution in [2.45, 2.75) is 6.04 Å². The van der Waals surface area contributed by atoms with Gasteiger partial charge in [-0.05, 0) is 18.2 Å². The Morgan fingerprint density at radius 2 is 1.62 bits per heavy atom. The van der Waals surface area contributed by atoms with Crippen LogP contribution in [0.5, 0.6) is 11.5 Å². The van der Waals surface area contributed by atoms with Gasteiger partial charge < -0.3 is 14.2 Å². The Bertz CT molecular complexity index is 667. The van der Waals surface area contributed by atoms with Crippen LogP contribution in [-0.2, 0) is 4.74 Å². The average Bonchev–Trinajstić information content (AvgIpc) is 3.04. The third kappa shape index (κ3) is 2.57. The van der Waals surface area contributed by atoms with E-state index in [1.807, 2.05) is 48.5 Å². The minimum absolute atomic E-state index is 0.0546. The summed E-state index contributed by atoms with van der Waals surface area (Å²) in [6.45, 7) is 0.508. The first-order chi connectivity index (χ1) is 10.3. The molecule has 0 spiro atoms. The molecule has 2 aromatic carbocycles. The molecule has 0 fully saturated rings. The number of benzene rings is 2. The lowest BCUT2D eigenvalue weighted by Crippen LogP contribution is -2.03. The Labute approximate surface area is 124 Å². The first kappa shape index (κ1) is 13.5. The molecule has 21 heavy (non-hydrogen) atoms. The van der Waals surface area contributed by atoms with Gasteiger partial charge in [-0.1, -0.05) is 30.3 Å². The van der Waals surface area contributed by atoms with Crippen LogP contribution in [0.4, 0.5) is 0 Å². The predicted octanol–water partition coefficient (Wildman–Crippen LogP) is 3.22. The normalized spacial score (nSPS) is 17.0. The van der Waals surface area contributed by atoms with Gasteiger partial charge in [0.25, 0.3) is 0 Å². The number of methoxy groups -OCH3 is 2. The smallest absolute Gasteiger partial charge is 0.220 e. The Balaban J connectivity index is 1.94. The topological polar surface area (TPSA) is 40.0 Å². The molecule has 0 N–H and O–H groups in total. The van der Waals surface area contributed by atoms with Crippen LogP contribution in [0.2, 0.25) is 0 Å². The second-order valence-electron chi connectivity index (χ2n) is 4.70. The zero-order chi connectivity index (χ0) is 14.7. The number of nitrogens with zero attached hydrogens (tertiary/aromatic N) is 1. The second kappa shape index (κ2) is 5.87. The van der Waals surface area contributed by atoms with E-state index in [1.54, 1.807) is 14.2 Å². The van der Waals surface area contributed by atoms with Crippen LogP contribution >= 0.6 is 0 Å². The lowest BCUT2D eigenvalue weighted by molar-refractivity contribution is 0.313. The summed E-state index contributed by atoms with van der Waals surface area (Å²) in [5.41, 5.74) is 1.90. The molecule has 1 unspecified atom stereocenters. The lowest BCUT2D eigenvalue weighted by Gasteiger charge is -2.10. The first-order valence-corrected chi connectivity index (χ1v) is 6.80. The van der Waals surface area contributed by atoms with E-state index in [0.29, 0.717) is 12.5 Å². The van der Waals surface area contributed by atoms with Gasteiger partial charge in [0.1, 0.15) is 24.1 Å². The van der Waals surface area contributed by atoms with Gasteiger partial charge in [0.15, 0.2) is 0 Å². The third-order valence-corrected chi connectivity index (χ3v) is 3.49. The molecule has 0 amide bonds. The fourth-order valence-electron chi connectivity index (χ4n) is 2.44. The monoisotopic (exact) mass is 283 g/mol. The van der Waals surface area contributed by atoms with Crippen molar-refractivity contribution in [2.24, 2.45) is 4.99 Å². The maximum absolute atomic E-state index is 5.76. The number of hydrogen-bond acceptors (Lipinski definition) is 4. The van der Waals surface area contributed by atoms with E-state index in [0.717, 1.165) is 22.6 Å². The number of para-hydroxylation sites is 2. The quantitative estimate of drug-likeness (QED) is 0.865. The van der Waals surface area contributed by atoms with Gasteiger partial charge in [-0.25, -0.2) is 4.99 Å². The van der Waals surface area contributed by atoms with Crippen molar-refractivity contribution in [3.63, 3.8) is 0 Å². The standard InChI is InChI=1S/C17H17NO3/c1-19-15-9-5-3-7-12(15)14-11-21-17(18-14)13-8-4-6-10-16(13)20-2/h3-10,14H,11H2,1-2H3. The molecule has 108 valence electrons. The van der Waals surface area contributed by atoms with Crippen molar-refractivity contribution in [3.05, 3.63) is 59.7 Å². The maximum atomic E-state index is 5.76. The third-order valence-electron chi connectivity index (χ3n) is 3.49. The van der Waals surface area contributed by atoms with Gasteiger partial charge in [-0.3, -0.25) is 0 Å². The van der Waals surface area contributed by atoms with E-state index < -0.39 is 0 Å². The summed E-state index contributed by atoms with van der Waals surface area (Å²) in [4.78, 5) is 4.68. The molecule has 0 radical (unpaired) electrons. The Morgan fingerprint density at radius 3 is 2.38 bits per heavy atom. The number of ether oxygens (including phenoxy) is 3. The van der Waals surface area contributed by atoms with Crippen LogP contribution in [-0.4, -0.2) is 26.7 Å². The van der Waals surface area contributed by atoms with Crippen LogP contribution in [0.1, 0.15) is 17.2 Å². The van der Waals surface area contributed by atoms with E-state index in [4.69, 9.17) is 14.2 Å². The van der Waals surface area contributed by atoms with Crippen molar-refractivity contribution in [2.75, 3.05) is 20.8 Å². The summed E-state index contributed by atoms with van der Waals surface area (Å²) in [5.74, 6) is 2.21. The highest BCUT2D eigenvalue weighted by Crippen LogP contribution is 2.33. The minimum atomic E-state index is -0.0546. The Morgan fingerprint density at radius 1 is 0.952 bits per heavy atom. The van der Waals surface area contributed by atoms with Crippen LogP contribution in [0.25, 0.3) is 0 Å². The summed E-state index contributed by atoms with van der Waals surface area (Å²) >= 11 is 0. The molecule has 0 bridgehead atoms. The highest BCUT2D eigenvalue weighted by Gasteiger charge is 2.25. The van der Waals surface area contributed by atoms with E-state index in [1.165, 1.54) is 0 Å². The first-order valence-electron chi connectivity index (χ1n) is 6.80. The SMILES string of the molecule is COc1ccccc1C1=NC(c2ccccc2OC)CO1. The molecule has 4 nitrogen and oxygen atoms in total. The van der Waals surface area contributed by atoms with Gasteiger partial charge in [0.05, 0.1) is 19.8 Å². The zero-order valence-electron chi connectivity index (χ0n) is 12.1. The van der Waals surface area contributed by atoms with Crippen molar-refractivity contribution in [1.29, 1.82) is 0 Å². The lowest BCUT2D eigenvalue weighted by atomic mass is 10.1. The summed E-state index contributed by atoms with van der Waals surface area (Å²) in [6.07, 6.45) is 0. The van der Waals surface area contributed by atoms with Crippen molar-refractivity contribution >= 4 is 5.90 Å². The number of rotatable bonds is 4. The minimum Gasteiger partial charge on any atom is -0.496 e. The van der Waals surface area contributed by atoms with Gasteiger partial charge in [0, 0.05) is 5.56 Å². The van der Waals surface area contributed by atoms with Crippen molar-refractivity contribution in [3.8, 4) is 11.5 Å². The van der Waals surface area contributed by atoms with Crippen LogP contribution in [0.15, 0.2) is 53.5 Å². The van der Waals surface area contributed by atoms with Gasteiger partial charge in [0.2, 0.25) is 5.90 Å². The molecule has 1 aliphatic rings. The fraction of sp³-hybridized carbons (Fsp3) is 0.235. The van der Waals surface area contributed by atoms with Gasteiger partial charge >= 0.3 is 0 Å². The number of hydrogen-bond donors (Lipinski definition) is 0. The largest absolute Gasteiger partial charge is 0.496 e. The van der Waals surface area contributed by atoms with E-state index >= 15 is 0 Å². The summed E-state index contributed by atoms with van der Waals surface area (Å²) < 4.78 is 16.5. The highest BCUT2D eigenvalue weighted by atomic mass is 16.5.